The Bertz CT molecular complexity index is 143. The highest BCUT2D eigenvalue weighted by molar-refractivity contribution is 5.74. The lowest BCUT2D eigenvalue weighted by molar-refractivity contribution is -0.118. The summed E-state index contributed by atoms with van der Waals surface area (Å²) in [6.07, 6.45) is 1.22. The Morgan fingerprint density at radius 2 is 2.45 bits per heavy atom. The van der Waals surface area contributed by atoms with Crippen LogP contribution in [0.25, 0.3) is 0 Å². The highest BCUT2D eigenvalue weighted by atomic mass is 16.5. The van der Waals surface area contributed by atoms with E-state index in [0.29, 0.717) is 12.5 Å². The normalized spacial score (nSPS) is 26.8. The quantitative estimate of drug-likeness (QED) is 0.566. The molecular weight excluding hydrogens is 144 g/mol. The number of nitrogens with two attached hydrogens (primary N) is 2. The van der Waals surface area contributed by atoms with E-state index in [0.717, 1.165) is 13.0 Å². The maximum atomic E-state index is 10.5. The van der Waals surface area contributed by atoms with Crippen LogP contribution in [0, 0.1) is 5.92 Å². The molecule has 1 heterocycles. The van der Waals surface area contributed by atoms with Gasteiger partial charge in [0.05, 0.1) is 6.61 Å². The minimum absolute atomic E-state index is 0.116. The fourth-order valence-electron chi connectivity index (χ4n) is 1.29. The fraction of sp³-hybridized carbons (Fsp3) is 0.857. The number of carbonyl (C=O) groups is 1. The number of rotatable bonds is 3. The Morgan fingerprint density at radius 3 is 2.91 bits per heavy atom. The van der Waals surface area contributed by atoms with Gasteiger partial charge in [0.25, 0.3) is 0 Å². The van der Waals surface area contributed by atoms with E-state index in [1.54, 1.807) is 0 Å². The Morgan fingerprint density at radius 1 is 1.73 bits per heavy atom. The van der Waals surface area contributed by atoms with Gasteiger partial charge in [0.2, 0.25) is 5.91 Å². The first-order valence-corrected chi connectivity index (χ1v) is 3.82. The maximum absolute atomic E-state index is 10.5. The topological polar surface area (TPSA) is 78.3 Å². The van der Waals surface area contributed by atoms with E-state index in [1.165, 1.54) is 0 Å². The molecule has 0 aromatic heterocycles. The zero-order valence-electron chi connectivity index (χ0n) is 6.45. The number of primary amides is 1. The van der Waals surface area contributed by atoms with Gasteiger partial charge in [-0.2, -0.15) is 0 Å². The van der Waals surface area contributed by atoms with Crippen molar-refractivity contribution < 1.29 is 9.53 Å². The molecule has 2 atom stereocenters. The largest absolute Gasteiger partial charge is 0.381 e. The SMILES string of the molecule is NC(=O)CC(N)C1CCOC1. The molecule has 1 aliphatic heterocycles. The minimum Gasteiger partial charge on any atom is -0.381 e. The van der Waals surface area contributed by atoms with Gasteiger partial charge in [-0.3, -0.25) is 4.79 Å². The van der Waals surface area contributed by atoms with Gasteiger partial charge in [-0.1, -0.05) is 0 Å². The summed E-state index contributed by atoms with van der Waals surface area (Å²) >= 11 is 0. The Hall–Kier alpha value is -0.610. The molecule has 2 unspecified atom stereocenters. The summed E-state index contributed by atoms with van der Waals surface area (Å²) in [6, 6.07) is -0.116. The molecule has 0 saturated carbocycles. The molecule has 0 spiro atoms. The van der Waals surface area contributed by atoms with E-state index < -0.39 is 0 Å². The zero-order valence-corrected chi connectivity index (χ0v) is 6.45. The van der Waals surface area contributed by atoms with Gasteiger partial charge in [-0.25, -0.2) is 0 Å². The van der Waals surface area contributed by atoms with E-state index in [1.807, 2.05) is 0 Å². The first-order chi connectivity index (χ1) is 5.20. The van der Waals surface area contributed by atoms with Gasteiger partial charge >= 0.3 is 0 Å². The summed E-state index contributed by atoms with van der Waals surface area (Å²) in [6.45, 7) is 1.44. The predicted molar refractivity (Wildman–Crippen MR) is 40.7 cm³/mol. The van der Waals surface area contributed by atoms with Crippen molar-refractivity contribution in [2.45, 2.75) is 18.9 Å². The van der Waals surface area contributed by atoms with Crippen molar-refractivity contribution in [2.75, 3.05) is 13.2 Å². The highest BCUT2D eigenvalue weighted by Gasteiger charge is 2.23. The van der Waals surface area contributed by atoms with Gasteiger partial charge in [-0.05, 0) is 6.42 Å². The third-order valence-electron chi connectivity index (χ3n) is 2.01. The van der Waals surface area contributed by atoms with Crippen molar-refractivity contribution in [2.24, 2.45) is 17.4 Å². The Kier molecular flexibility index (Phi) is 2.84. The van der Waals surface area contributed by atoms with Crippen molar-refractivity contribution in [3.05, 3.63) is 0 Å². The lowest BCUT2D eigenvalue weighted by Crippen LogP contribution is -2.34. The number of hydrogen-bond acceptors (Lipinski definition) is 3. The molecule has 4 nitrogen and oxygen atoms in total. The lowest BCUT2D eigenvalue weighted by Gasteiger charge is -2.14. The molecule has 4 N–H and O–H groups in total. The molecule has 1 rings (SSSR count). The summed E-state index contributed by atoms with van der Waals surface area (Å²) < 4.78 is 5.13. The van der Waals surface area contributed by atoms with Crippen molar-refractivity contribution in [1.82, 2.24) is 0 Å². The molecule has 0 bridgehead atoms. The van der Waals surface area contributed by atoms with E-state index >= 15 is 0 Å². The van der Waals surface area contributed by atoms with Gasteiger partial charge < -0.3 is 16.2 Å². The van der Waals surface area contributed by atoms with Crippen LogP contribution in [-0.4, -0.2) is 25.2 Å². The summed E-state index contributed by atoms with van der Waals surface area (Å²) in [4.78, 5) is 10.5. The molecule has 64 valence electrons. The number of carbonyl (C=O) groups excluding carboxylic acids is 1. The van der Waals surface area contributed by atoms with Crippen LogP contribution in [-0.2, 0) is 9.53 Å². The molecule has 1 aliphatic rings. The third kappa shape index (κ3) is 2.48. The minimum atomic E-state index is -0.329. The lowest BCUT2D eigenvalue weighted by atomic mass is 9.97. The summed E-state index contributed by atoms with van der Waals surface area (Å²) in [5, 5.41) is 0. The molecule has 0 radical (unpaired) electrons. The smallest absolute Gasteiger partial charge is 0.218 e. The van der Waals surface area contributed by atoms with E-state index in [2.05, 4.69) is 0 Å². The maximum Gasteiger partial charge on any atom is 0.218 e. The molecule has 11 heavy (non-hydrogen) atoms. The van der Waals surface area contributed by atoms with Gasteiger partial charge in [-0.15, -0.1) is 0 Å². The molecule has 1 fully saturated rings. The number of amides is 1. The fourth-order valence-corrected chi connectivity index (χ4v) is 1.29. The second kappa shape index (κ2) is 3.69. The molecule has 0 aromatic rings. The average molecular weight is 158 g/mol. The Labute approximate surface area is 65.9 Å². The van der Waals surface area contributed by atoms with E-state index in [-0.39, 0.29) is 18.4 Å². The molecule has 0 aromatic carbocycles. The van der Waals surface area contributed by atoms with Crippen LogP contribution in [0.1, 0.15) is 12.8 Å². The summed E-state index contributed by atoms with van der Waals surface area (Å²) in [5.41, 5.74) is 10.7. The summed E-state index contributed by atoms with van der Waals surface area (Å²) in [5.74, 6) is -0.00750. The Balaban J connectivity index is 2.28. The van der Waals surface area contributed by atoms with Crippen molar-refractivity contribution in [1.29, 1.82) is 0 Å². The molecule has 4 heteroatoms. The van der Waals surface area contributed by atoms with E-state index in [4.69, 9.17) is 16.2 Å². The third-order valence-corrected chi connectivity index (χ3v) is 2.01. The number of ether oxygens (including phenoxy) is 1. The van der Waals surface area contributed by atoms with Crippen LogP contribution in [0.2, 0.25) is 0 Å². The standard InChI is InChI=1S/C7H14N2O2/c8-6(3-7(9)10)5-1-2-11-4-5/h5-6H,1-4,8H2,(H2,9,10). The van der Waals surface area contributed by atoms with Crippen LogP contribution in [0.5, 0.6) is 0 Å². The van der Waals surface area contributed by atoms with Crippen molar-refractivity contribution >= 4 is 5.91 Å². The van der Waals surface area contributed by atoms with E-state index in [9.17, 15) is 4.79 Å². The monoisotopic (exact) mass is 158 g/mol. The highest BCUT2D eigenvalue weighted by Crippen LogP contribution is 2.16. The second-order valence-corrected chi connectivity index (χ2v) is 2.96. The molecule has 1 saturated heterocycles. The summed E-state index contributed by atoms with van der Waals surface area (Å²) in [7, 11) is 0. The van der Waals surface area contributed by atoms with Gasteiger partial charge in [0, 0.05) is 25.0 Å². The molecular formula is C7H14N2O2. The number of hydrogen-bond donors (Lipinski definition) is 2. The van der Waals surface area contributed by atoms with Crippen LogP contribution in [0.3, 0.4) is 0 Å². The van der Waals surface area contributed by atoms with Gasteiger partial charge in [0.15, 0.2) is 0 Å². The molecule has 0 aliphatic carbocycles. The first-order valence-electron chi connectivity index (χ1n) is 3.82. The van der Waals surface area contributed by atoms with Crippen LogP contribution in [0.4, 0.5) is 0 Å². The van der Waals surface area contributed by atoms with Crippen LogP contribution >= 0.6 is 0 Å². The van der Waals surface area contributed by atoms with Crippen molar-refractivity contribution in [3.63, 3.8) is 0 Å². The van der Waals surface area contributed by atoms with Crippen LogP contribution in [0.15, 0.2) is 0 Å². The predicted octanol–water partition coefficient (Wildman–Crippen LogP) is -0.774. The average Bonchev–Trinajstić information content (AvgIpc) is 2.35. The zero-order chi connectivity index (χ0) is 8.27. The van der Waals surface area contributed by atoms with Crippen molar-refractivity contribution in [3.8, 4) is 0 Å². The van der Waals surface area contributed by atoms with Crippen LogP contribution < -0.4 is 11.5 Å². The first kappa shape index (κ1) is 8.49. The second-order valence-electron chi connectivity index (χ2n) is 2.96. The van der Waals surface area contributed by atoms with Gasteiger partial charge in [0.1, 0.15) is 0 Å². The molecule has 1 amide bonds.